The standard InChI is InChI=1S/C20H26BNO5/c1-3-13-26-20(23)22(2)12-11-17-14-18(21(24)25)9-10-19(17)27-15-16-7-5-4-6-8-16/h4-10,14,24-25H,3,11-13,15H2,1-2H3. The predicted octanol–water partition coefficient (Wildman–Crippen LogP) is 1.97. The van der Waals surface area contributed by atoms with E-state index in [4.69, 9.17) is 9.47 Å². The number of rotatable bonds is 9. The Morgan fingerprint density at radius 1 is 1.15 bits per heavy atom. The molecule has 27 heavy (non-hydrogen) atoms. The van der Waals surface area contributed by atoms with Gasteiger partial charge in [-0.05, 0) is 35.5 Å². The lowest BCUT2D eigenvalue weighted by atomic mass is 9.79. The smallest absolute Gasteiger partial charge is 0.488 e. The minimum atomic E-state index is -1.56. The zero-order chi connectivity index (χ0) is 19.6. The molecule has 0 aliphatic heterocycles. The molecule has 6 nitrogen and oxygen atoms in total. The molecule has 0 bridgehead atoms. The molecule has 0 fully saturated rings. The fourth-order valence-corrected chi connectivity index (χ4v) is 2.51. The lowest BCUT2D eigenvalue weighted by Crippen LogP contribution is -2.32. The van der Waals surface area contributed by atoms with Crippen molar-refractivity contribution in [3.63, 3.8) is 0 Å². The van der Waals surface area contributed by atoms with Crippen LogP contribution in [0.4, 0.5) is 4.79 Å². The van der Waals surface area contributed by atoms with Gasteiger partial charge in [0.05, 0.1) is 6.61 Å². The molecule has 0 spiro atoms. The molecule has 0 saturated heterocycles. The van der Waals surface area contributed by atoms with E-state index in [2.05, 4.69) is 0 Å². The number of carbonyl (C=O) groups is 1. The van der Waals surface area contributed by atoms with E-state index in [9.17, 15) is 14.8 Å². The van der Waals surface area contributed by atoms with Gasteiger partial charge < -0.3 is 24.4 Å². The monoisotopic (exact) mass is 371 g/mol. The van der Waals surface area contributed by atoms with Crippen molar-refractivity contribution in [1.82, 2.24) is 4.90 Å². The first-order valence-corrected chi connectivity index (χ1v) is 9.04. The van der Waals surface area contributed by atoms with E-state index >= 15 is 0 Å². The topological polar surface area (TPSA) is 79.2 Å². The number of benzene rings is 2. The van der Waals surface area contributed by atoms with Crippen molar-refractivity contribution in [1.29, 1.82) is 0 Å². The third-order valence-corrected chi connectivity index (χ3v) is 4.08. The summed E-state index contributed by atoms with van der Waals surface area (Å²) in [6.45, 7) is 3.16. The van der Waals surface area contributed by atoms with Crippen LogP contribution in [0.5, 0.6) is 5.75 Å². The average molecular weight is 371 g/mol. The molecular formula is C20H26BNO5. The summed E-state index contributed by atoms with van der Waals surface area (Å²) in [6.07, 6.45) is 0.901. The number of ether oxygens (including phenoxy) is 2. The van der Waals surface area contributed by atoms with E-state index in [1.54, 1.807) is 25.2 Å². The lowest BCUT2D eigenvalue weighted by Gasteiger charge is -2.18. The molecule has 0 aliphatic rings. The Kier molecular flexibility index (Phi) is 8.16. The van der Waals surface area contributed by atoms with Gasteiger partial charge in [0.15, 0.2) is 0 Å². The molecule has 2 aromatic carbocycles. The minimum Gasteiger partial charge on any atom is -0.489 e. The molecule has 2 rings (SSSR count). The Labute approximate surface area is 160 Å². The second kappa shape index (κ2) is 10.6. The van der Waals surface area contributed by atoms with Crippen LogP contribution in [-0.4, -0.2) is 48.4 Å². The van der Waals surface area contributed by atoms with E-state index in [1.165, 1.54) is 4.90 Å². The quantitative estimate of drug-likeness (QED) is 0.659. The average Bonchev–Trinajstić information content (AvgIpc) is 2.69. The van der Waals surface area contributed by atoms with Crippen molar-refractivity contribution in [3.05, 3.63) is 59.7 Å². The Morgan fingerprint density at radius 2 is 1.89 bits per heavy atom. The summed E-state index contributed by atoms with van der Waals surface area (Å²) < 4.78 is 11.0. The van der Waals surface area contributed by atoms with Gasteiger partial charge in [-0.1, -0.05) is 49.4 Å². The largest absolute Gasteiger partial charge is 0.489 e. The first-order chi connectivity index (χ1) is 13.0. The molecule has 0 radical (unpaired) electrons. The summed E-state index contributed by atoms with van der Waals surface area (Å²) in [6, 6.07) is 14.8. The number of likely N-dealkylation sites (N-methyl/N-ethyl adjacent to an activating group) is 1. The Hall–Kier alpha value is -2.51. The SMILES string of the molecule is CCCOC(=O)N(C)CCc1cc(B(O)O)ccc1OCc1ccccc1. The molecule has 0 unspecified atom stereocenters. The third-order valence-electron chi connectivity index (χ3n) is 4.08. The maximum atomic E-state index is 11.9. The molecule has 7 heteroatoms. The highest BCUT2D eigenvalue weighted by atomic mass is 16.6. The molecule has 2 aromatic rings. The molecule has 0 atom stereocenters. The van der Waals surface area contributed by atoms with Gasteiger partial charge in [0.1, 0.15) is 12.4 Å². The van der Waals surface area contributed by atoms with Crippen LogP contribution in [0.2, 0.25) is 0 Å². The van der Waals surface area contributed by atoms with Crippen LogP contribution in [0.25, 0.3) is 0 Å². The van der Waals surface area contributed by atoms with E-state index in [-0.39, 0.29) is 6.09 Å². The molecule has 2 N–H and O–H groups in total. The van der Waals surface area contributed by atoms with Crippen LogP contribution in [0, 0.1) is 0 Å². The summed E-state index contributed by atoms with van der Waals surface area (Å²) in [4.78, 5) is 13.4. The number of nitrogens with zero attached hydrogens (tertiary/aromatic N) is 1. The van der Waals surface area contributed by atoms with E-state index in [1.807, 2.05) is 37.3 Å². The maximum absolute atomic E-state index is 11.9. The molecule has 0 aliphatic carbocycles. The highest BCUT2D eigenvalue weighted by Crippen LogP contribution is 2.20. The van der Waals surface area contributed by atoms with Crippen LogP contribution < -0.4 is 10.2 Å². The number of hydrogen-bond donors (Lipinski definition) is 2. The summed E-state index contributed by atoms with van der Waals surface area (Å²) in [5.41, 5.74) is 2.22. The van der Waals surface area contributed by atoms with E-state index in [0.29, 0.717) is 37.4 Å². The molecule has 0 saturated carbocycles. The Morgan fingerprint density at radius 3 is 2.56 bits per heavy atom. The number of hydrogen-bond acceptors (Lipinski definition) is 5. The molecule has 1 amide bonds. The van der Waals surface area contributed by atoms with Gasteiger partial charge in [-0.2, -0.15) is 0 Å². The number of carbonyl (C=O) groups excluding carboxylic acids is 1. The first kappa shape index (κ1) is 20.8. The molecule has 144 valence electrons. The minimum absolute atomic E-state index is 0.373. The Balaban J connectivity index is 2.06. The van der Waals surface area contributed by atoms with Gasteiger partial charge in [0.2, 0.25) is 0 Å². The second-order valence-corrected chi connectivity index (χ2v) is 6.30. The van der Waals surface area contributed by atoms with Crippen LogP contribution in [0.3, 0.4) is 0 Å². The third kappa shape index (κ3) is 6.62. The van der Waals surface area contributed by atoms with Gasteiger partial charge in [-0.3, -0.25) is 0 Å². The maximum Gasteiger partial charge on any atom is 0.488 e. The van der Waals surface area contributed by atoms with Crippen LogP contribution in [0.15, 0.2) is 48.5 Å². The van der Waals surface area contributed by atoms with Crippen molar-refractivity contribution in [2.24, 2.45) is 0 Å². The lowest BCUT2D eigenvalue weighted by molar-refractivity contribution is 0.111. The van der Waals surface area contributed by atoms with Crippen LogP contribution in [-0.2, 0) is 17.8 Å². The first-order valence-electron chi connectivity index (χ1n) is 9.04. The van der Waals surface area contributed by atoms with Gasteiger partial charge in [0, 0.05) is 13.6 Å². The van der Waals surface area contributed by atoms with Gasteiger partial charge in [-0.15, -0.1) is 0 Å². The normalized spacial score (nSPS) is 10.4. The zero-order valence-corrected chi connectivity index (χ0v) is 15.8. The predicted molar refractivity (Wildman–Crippen MR) is 105 cm³/mol. The van der Waals surface area contributed by atoms with Crippen LogP contribution >= 0.6 is 0 Å². The van der Waals surface area contributed by atoms with E-state index in [0.717, 1.165) is 17.5 Å². The van der Waals surface area contributed by atoms with Gasteiger partial charge in [-0.25, -0.2) is 4.79 Å². The summed E-state index contributed by atoms with van der Waals surface area (Å²) in [5, 5.41) is 18.9. The van der Waals surface area contributed by atoms with Crippen molar-refractivity contribution in [2.75, 3.05) is 20.2 Å². The summed E-state index contributed by atoms with van der Waals surface area (Å²) in [5.74, 6) is 0.651. The van der Waals surface area contributed by atoms with Crippen molar-refractivity contribution in [2.45, 2.75) is 26.4 Å². The van der Waals surface area contributed by atoms with Crippen molar-refractivity contribution in [3.8, 4) is 5.75 Å². The fourth-order valence-electron chi connectivity index (χ4n) is 2.51. The fraction of sp³-hybridized carbons (Fsp3) is 0.350. The molecule has 0 heterocycles. The Bertz CT molecular complexity index is 724. The highest BCUT2D eigenvalue weighted by Gasteiger charge is 2.16. The van der Waals surface area contributed by atoms with Gasteiger partial charge >= 0.3 is 13.2 Å². The molecular weight excluding hydrogens is 345 g/mol. The van der Waals surface area contributed by atoms with E-state index < -0.39 is 7.12 Å². The molecule has 0 aromatic heterocycles. The van der Waals surface area contributed by atoms with Gasteiger partial charge in [0.25, 0.3) is 0 Å². The van der Waals surface area contributed by atoms with Crippen molar-refractivity contribution >= 4 is 18.7 Å². The second-order valence-electron chi connectivity index (χ2n) is 6.30. The number of amides is 1. The van der Waals surface area contributed by atoms with Crippen molar-refractivity contribution < 1.29 is 24.3 Å². The van der Waals surface area contributed by atoms with Crippen LogP contribution in [0.1, 0.15) is 24.5 Å². The highest BCUT2D eigenvalue weighted by molar-refractivity contribution is 6.58. The summed E-state index contributed by atoms with van der Waals surface area (Å²) in [7, 11) is 0.118. The summed E-state index contributed by atoms with van der Waals surface area (Å²) >= 11 is 0. The zero-order valence-electron chi connectivity index (χ0n) is 15.8.